The van der Waals surface area contributed by atoms with Gasteiger partial charge in [0.15, 0.2) is 0 Å². The molecule has 1 saturated carbocycles. The second-order valence-corrected chi connectivity index (χ2v) is 6.14. The Labute approximate surface area is 93.0 Å². The van der Waals surface area contributed by atoms with Crippen LogP contribution in [0.5, 0.6) is 0 Å². The summed E-state index contributed by atoms with van der Waals surface area (Å²) in [7, 11) is 0. The smallest absolute Gasteiger partial charge is 0.0645 e. The summed E-state index contributed by atoms with van der Waals surface area (Å²) in [6.45, 7) is 9.50. The third-order valence-corrected chi connectivity index (χ3v) is 4.90. The number of likely N-dealkylation sites (tertiary alicyclic amines) is 1. The van der Waals surface area contributed by atoms with Crippen molar-refractivity contribution in [3.8, 4) is 0 Å². The van der Waals surface area contributed by atoms with Gasteiger partial charge in [-0.15, -0.1) is 0 Å². The van der Waals surface area contributed by atoms with Gasteiger partial charge in [0.1, 0.15) is 0 Å². The minimum atomic E-state index is 0.771. The third-order valence-electron chi connectivity index (χ3n) is 4.90. The van der Waals surface area contributed by atoms with E-state index >= 15 is 0 Å². The fourth-order valence-corrected chi connectivity index (χ4v) is 3.66. The second kappa shape index (κ2) is 3.74. The summed E-state index contributed by atoms with van der Waals surface area (Å²) in [5.74, 6) is 3.94. The highest BCUT2D eigenvalue weighted by atomic mass is 16.5. The fourth-order valence-electron chi connectivity index (χ4n) is 3.66. The summed E-state index contributed by atoms with van der Waals surface area (Å²) < 4.78 is 5.29. The van der Waals surface area contributed by atoms with Gasteiger partial charge in [-0.1, -0.05) is 13.8 Å². The molecule has 3 rings (SSSR count). The van der Waals surface area contributed by atoms with E-state index in [1.54, 1.807) is 0 Å². The highest BCUT2D eigenvalue weighted by Gasteiger charge is 2.44. The van der Waals surface area contributed by atoms with Gasteiger partial charge in [0.25, 0.3) is 0 Å². The van der Waals surface area contributed by atoms with Crippen molar-refractivity contribution in [1.82, 2.24) is 4.90 Å². The number of ether oxygens (including phenoxy) is 1. The molecule has 0 amide bonds. The average Bonchev–Trinajstić information content (AvgIpc) is 2.56. The highest BCUT2D eigenvalue weighted by Crippen LogP contribution is 2.45. The lowest BCUT2D eigenvalue weighted by Crippen LogP contribution is -2.48. The fraction of sp³-hybridized carbons (Fsp3) is 1.00. The topological polar surface area (TPSA) is 12.5 Å². The van der Waals surface area contributed by atoms with Crippen LogP contribution in [0.1, 0.15) is 26.7 Å². The van der Waals surface area contributed by atoms with E-state index in [-0.39, 0.29) is 0 Å². The minimum absolute atomic E-state index is 0.771. The summed E-state index contributed by atoms with van der Waals surface area (Å²) in [5, 5.41) is 0. The second-order valence-electron chi connectivity index (χ2n) is 6.14. The molecule has 0 radical (unpaired) electrons. The van der Waals surface area contributed by atoms with Crippen LogP contribution in [-0.2, 0) is 4.74 Å². The Morgan fingerprint density at radius 2 is 1.67 bits per heavy atom. The lowest BCUT2D eigenvalue weighted by atomic mass is 9.93. The van der Waals surface area contributed by atoms with E-state index in [1.165, 1.54) is 25.9 Å². The number of hydrogen-bond donors (Lipinski definition) is 0. The Morgan fingerprint density at radius 3 is 2.07 bits per heavy atom. The number of nitrogens with zero attached hydrogens (tertiary/aromatic N) is 1. The molecule has 86 valence electrons. The van der Waals surface area contributed by atoms with Crippen molar-refractivity contribution >= 4 is 0 Å². The first-order valence-corrected chi connectivity index (χ1v) is 6.56. The van der Waals surface area contributed by atoms with E-state index in [9.17, 15) is 0 Å². The normalized spacial score (nSPS) is 42.2. The van der Waals surface area contributed by atoms with Crippen molar-refractivity contribution in [2.24, 2.45) is 23.7 Å². The molecular formula is C13H23NO. The lowest BCUT2D eigenvalue weighted by molar-refractivity contribution is -0.0598. The SMILES string of the molecule is CC(C)C1CC2CN(C3COC3)CC2C1. The van der Waals surface area contributed by atoms with Crippen molar-refractivity contribution in [2.75, 3.05) is 26.3 Å². The zero-order valence-electron chi connectivity index (χ0n) is 9.98. The molecule has 3 fully saturated rings. The molecule has 2 unspecified atom stereocenters. The molecule has 0 aromatic carbocycles. The molecular weight excluding hydrogens is 186 g/mol. The molecule has 2 heterocycles. The molecule has 0 aromatic rings. The number of hydrogen-bond acceptors (Lipinski definition) is 2. The van der Waals surface area contributed by atoms with Gasteiger partial charge in [-0.05, 0) is 36.5 Å². The molecule has 0 spiro atoms. The van der Waals surface area contributed by atoms with E-state index in [1.807, 2.05) is 0 Å². The minimum Gasteiger partial charge on any atom is -0.378 e. The molecule has 0 aromatic heterocycles. The van der Waals surface area contributed by atoms with Gasteiger partial charge in [0.05, 0.1) is 19.3 Å². The molecule has 2 aliphatic heterocycles. The summed E-state index contributed by atoms with van der Waals surface area (Å²) in [6, 6.07) is 0.771. The van der Waals surface area contributed by atoms with Crippen LogP contribution in [0.4, 0.5) is 0 Å². The maximum absolute atomic E-state index is 5.29. The van der Waals surface area contributed by atoms with E-state index in [2.05, 4.69) is 18.7 Å². The first kappa shape index (κ1) is 10.1. The van der Waals surface area contributed by atoms with Crippen molar-refractivity contribution < 1.29 is 4.74 Å². The highest BCUT2D eigenvalue weighted by molar-refractivity contribution is 4.95. The van der Waals surface area contributed by atoms with Crippen LogP contribution in [0.25, 0.3) is 0 Å². The summed E-state index contributed by atoms with van der Waals surface area (Å²) in [4.78, 5) is 2.69. The van der Waals surface area contributed by atoms with Crippen LogP contribution in [0.2, 0.25) is 0 Å². The molecule has 2 nitrogen and oxygen atoms in total. The Morgan fingerprint density at radius 1 is 1.07 bits per heavy atom. The average molecular weight is 209 g/mol. The van der Waals surface area contributed by atoms with Gasteiger partial charge in [-0.3, -0.25) is 4.90 Å². The summed E-state index contributed by atoms with van der Waals surface area (Å²) >= 11 is 0. The molecule has 2 atom stereocenters. The van der Waals surface area contributed by atoms with Crippen molar-refractivity contribution in [3.05, 3.63) is 0 Å². The van der Waals surface area contributed by atoms with Crippen LogP contribution in [0.15, 0.2) is 0 Å². The Hall–Kier alpha value is -0.0800. The molecule has 2 saturated heterocycles. The quantitative estimate of drug-likeness (QED) is 0.689. The zero-order chi connectivity index (χ0) is 10.4. The predicted octanol–water partition coefficient (Wildman–Crippen LogP) is 2.00. The largest absolute Gasteiger partial charge is 0.378 e. The van der Waals surface area contributed by atoms with Gasteiger partial charge in [0.2, 0.25) is 0 Å². The van der Waals surface area contributed by atoms with E-state index in [4.69, 9.17) is 4.74 Å². The molecule has 3 aliphatic rings. The molecule has 15 heavy (non-hydrogen) atoms. The first-order valence-electron chi connectivity index (χ1n) is 6.56. The number of fused-ring (bicyclic) bond motifs is 1. The molecule has 0 N–H and O–H groups in total. The Bertz CT molecular complexity index is 223. The summed E-state index contributed by atoms with van der Waals surface area (Å²) in [5.41, 5.74) is 0. The number of rotatable bonds is 2. The van der Waals surface area contributed by atoms with Crippen LogP contribution < -0.4 is 0 Å². The third kappa shape index (κ3) is 1.72. The van der Waals surface area contributed by atoms with E-state index in [0.717, 1.165) is 42.9 Å². The van der Waals surface area contributed by atoms with Gasteiger partial charge in [-0.2, -0.15) is 0 Å². The first-order chi connectivity index (χ1) is 7.24. The Balaban J connectivity index is 1.56. The van der Waals surface area contributed by atoms with Crippen LogP contribution >= 0.6 is 0 Å². The van der Waals surface area contributed by atoms with Crippen LogP contribution in [0.3, 0.4) is 0 Å². The zero-order valence-corrected chi connectivity index (χ0v) is 9.98. The standard InChI is InChI=1S/C13H23NO/c1-9(2)10-3-11-5-14(6-12(11)4-10)13-7-15-8-13/h9-13H,3-8H2,1-2H3. The van der Waals surface area contributed by atoms with Gasteiger partial charge in [-0.25, -0.2) is 0 Å². The Kier molecular flexibility index (Phi) is 2.52. The van der Waals surface area contributed by atoms with Crippen molar-refractivity contribution in [2.45, 2.75) is 32.7 Å². The predicted molar refractivity (Wildman–Crippen MR) is 60.7 cm³/mol. The maximum Gasteiger partial charge on any atom is 0.0645 e. The van der Waals surface area contributed by atoms with E-state index < -0.39 is 0 Å². The van der Waals surface area contributed by atoms with Gasteiger partial charge >= 0.3 is 0 Å². The lowest BCUT2D eigenvalue weighted by Gasteiger charge is -2.35. The van der Waals surface area contributed by atoms with Crippen LogP contribution in [0, 0.1) is 23.7 Å². The molecule has 0 bridgehead atoms. The molecule has 2 heteroatoms. The molecule has 1 aliphatic carbocycles. The van der Waals surface area contributed by atoms with Gasteiger partial charge in [0, 0.05) is 13.1 Å². The monoisotopic (exact) mass is 209 g/mol. The van der Waals surface area contributed by atoms with Gasteiger partial charge < -0.3 is 4.74 Å². The van der Waals surface area contributed by atoms with Crippen molar-refractivity contribution in [3.63, 3.8) is 0 Å². The maximum atomic E-state index is 5.29. The van der Waals surface area contributed by atoms with E-state index in [0.29, 0.717) is 0 Å². The van der Waals surface area contributed by atoms with Crippen LogP contribution in [-0.4, -0.2) is 37.2 Å². The van der Waals surface area contributed by atoms with Crippen molar-refractivity contribution in [1.29, 1.82) is 0 Å². The summed E-state index contributed by atoms with van der Waals surface area (Å²) in [6.07, 6.45) is 2.98.